The Balaban J connectivity index is 1.81. The Morgan fingerprint density at radius 2 is 2.12 bits per heavy atom. The number of likely N-dealkylation sites (tertiary alicyclic amines) is 1. The molecule has 3 atom stereocenters. The van der Waals surface area contributed by atoms with Gasteiger partial charge in [0.15, 0.2) is 0 Å². The summed E-state index contributed by atoms with van der Waals surface area (Å²) in [7, 11) is 0. The molecule has 2 amide bonds. The molecule has 142 valence electrons. The van der Waals surface area contributed by atoms with Crippen LogP contribution in [0.4, 0.5) is 10.6 Å². The molecule has 1 saturated carbocycles. The predicted molar refractivity (Wildman–Crippen MR) is 99.7 cm³/mol. The van der Waals surface area contributed by atoms with E-state index in [1.807, 2.05) is 13.0 Å². The van der Waals surface area contributed by atoms with Crippen molar-refractivity contribution in [3.63, 3.8) is 0 Å². The molecule has 26 heavy (non-hydrogen) atoms. The van der Waals surface area contributed by atoms with Crippen molar-refractivity contribution in [3.05, 3.63) is 22.3 Å². The van der Waals surface area contributed by atoms with Crippen molar-refractivity contribution in [2.24, 2.45) is 5.41 Å². The predicted octanol–water partition coefficient (Wildman–Crippen LogP) is 2.85. The summed E-state index contributed by atoms with van der Waals surface area (Å²) in [6, 6.07) is 2.80. The van der Waals surface area contributed by atoms with Crippen molar-refractivity contribution < 1.29 is 19.4 Å². The van der Waals surface area contributed by atoms with Crippen molar-refractivity contribution in [2.45, 2.75) is 58.2 Å². The van der Waals surface area contributed by atoms with Crippen LogP contribution in [0.15, 0.2) is 16.7 Å². The summed E-state index contributed by atoms with van der Waals surface area (Å²) in [5.74, 6) is 0.136. The summed E-state index contributed by atoms with van der Waals surface area (Å²) in [5, 5.41) is 12.6. The number of pyridine rings is 1. The number of aliphatic hydroxyl groups is 1. The van der Waals surface area contributed by atoms with Gasteiger partial charge in [0.2, 0.25) is 5.91 Å². The van der Waals surface area contributed by atoms with Gasteiger partial charge < -0.3 is 15.2 Å². The molecule has 7 nitrogen and oxygen atoms in total. The number of ether oxygens (including phenoxy) is 1. The topological polar surface area (TPSA) is 91.8 Å². The maximum Gasteiger partial charge on any atom is 0.411 e. The Labute approximate surface area is 161 Å². The van der Waals surface area contributed by atoms with Crippen LogP contribution in [-0.2, 0) is 9.53 Å². The lowest BCUT2D eigenvalue weighted by atomic mass is 10.0. The maximum absolute atomic E-state index is 12.9. The van der Waals surface area contributed by atoms with Gasteiger partial charge in [0.25, 0.3) is 0 Å². The quantitative estimate of drug-likeness (QED) is 0.726. The second-order valence-corrected chi connectivity index (χ2v) is 8.95. The van der Waals surface area contributed by atoms with E-state index in [2.05, 4.69) is 26.2 Å². The molecule has 0 aromatic carbocycles. The number of nitrogens with zero attached hydrogens (tertiary/aromatic N) is 2. The van der Waals surface area contributed by atoms with Crippen LogP contribution in [-0.4, -0.2) is 51.3 Å². The van der Waals surface area contributed by atoms with E-state index in [9.17, 15) is 14.7 Å². The molecule has 1 saturated heterocycles. The molecule has 3 rings (SSSR count). The van der Waals surface area contributed by atoms with Crippen LogP contribution in [0.3, 0.4) is 0 Å². The Kier molecular flexibility index (Phi) is 4.77. The Bertz CT molecular complexity index is 748. The number of aryl methyl sites for hydroxylation is 1. The van der Waals surface area contributed by atoms with E-state index in [1.165, 1.54) is 4.90 Å². The summed E-state index contributed by atoms with van der Waals surface area (Å²) in [6.07, 6.45) is 0.599. The minimum atomic E-state index is -0.684. The van der Waals surface area contributed by atoms with Crippen LogP contribution in [0.25, 0.3) is 0 Å². The number of rotatable bonds is 3. The summed E-state index contributed by atoms with van der Waals surface area (Å²) < 4.78 is 6.10. The number of halogens is 1. The average Bonchev–Trinajstić information content (AvgIpc) is 3.14. The van der Waals surface area contributed by atoms with Crippen LogP contribution >= 0.6 is 15.9 Å². The van der Waals surface area contributed by atoms with Crippen LogP contribution in [0.2, 0.25) is 0 Å². The fourth-order valence-corrected chi connectivity index (χ4v) is 3.80. The molecule has 1 aliphatic heterocycles. The second kappa shape index (κ2) is 6.49. The number of hydrogen-bond donors (Lipinski definition) is 2. The van der Waals surface area contributed by atoms with Gasteiger partial charge in [0.05, 0.1) is 6.61 Å². The molecule has 1 aliphatic carbocycles. The third-order valence-electron chi connectivity index (χ3n) is 4.94. The first kappa shape index (κ1) is 19.1. The summed E-state index contributed by atoms with van der Waals surface area (Å²) in [5.41, 5.74) is -0.219. The lowest BCUT2D eigenvalue weighted by Gasteiger charge is -2.29. The van der Waals surface area contributed by atoms with E-state index >= 15 is 0 Å². The highest BCUT2D eigenvalue weighted by molar-refractivity contribution is 9.10. The average molecular weight is 426 g/mol. The zero-order valence-corrected chi connectivity index (χ0v) is 17.0. The van der Waals surface area contributed by atoms with Crippen molar-refractivity contribution in [2.75, 3.05) is 11.9 Å². The molecule has 2 unspecified atom stereocenters. The fourth-order valence-electron chi connectivity index (χ4n) is 3.49. The van der Waals surface area contributed by atoms with Gasteiger partial charge in [0.1, 0.15) is 22.1 Å². The molecule has 1 aromatic heterocycles. The van der Waals surface area contributed by atoms with Gasteiger partial charge in [-0.2, -0.15) is 0 Å². The Morgan fingerprint density at radius 1 is 1.42 bits per heavy atom. The number of nitrogens with one attached hydrogen (secondary N) is 1. The SMILES string of the molecule is Cc1ccc(Br)nc1NC(=O)[C@@H]1CC2(CO)CC2N1C(=O)OC(C)(C)C. The van der Waals surface area contributed by atoms with Gasteiger partial charge >= 0.3 is 6.09 Å². The van der Waals surface area contributed by atoms with Gasteiger partial charge in [-0.1, -0.05) is 6.07 Å². The number of aromatic nitrogens is 1. The number of fused-ring (bicyclic) bond motifs is 1. The second-order valence-electron chi connectivity index (χ2n) is 8.14. The number of carbonyl (C=O) groups is 2. The van der Waals surface area contributed by atoms with Gasteiger partial charge in [-0.3, -0.25) is 9.69 Å². The summed E-state index contributed by atoms with van der Waals surface area (Å²) in [6.45, 7) is 7.17. The number of piperidine rings is 1. The van der Waals surface area contributed by atoms with E-state index in [4.69, 9.17) is 4.74 Å². The van der Waals surface area contributed by atoms with Crippen LogP contribution < -0.4 is 5.32 Å². The first-order chi connectivity index (χ1) is 12.1. The molecular weight excluding hydrogens is 402 g/mol. The van der Waals surface area contributed by atoms with Crippen LogP contribution in [0, 0.1) is 12.3 Å². The Morgan fingerprint density at radius 3 is 2.73 bits per heavy atom. The van der Waals surface area contributed by atoms with Crippen molar-refractivity contribution >= 4 is 33.7 Å². The standard InChI is InChI=1S/C18H24BrN3O4/c1-10-5-6-13(19)20-14(10)21-15(24)11-7-18(9-23)8-12(18)22(11)16(25)26-17(2,3)4/h5-6,11-12,23H,7-9H2,1-4H3,(H,20,21,24)/t11-,12?,18?/m0/s1. The minimum absolute atomic E-state index is 0.0467. The van der Waals surface area contributed by atoms with E-state index < -0.39 is 23.2 Å². The van der Waals surface area contributed by atoms with E-state index in [1.54, 1.807) is 26.8 Å². The molecule has 8 heteroatoms. The first-order valence-corrected chi connectivity index (χ1v) is 9.42. The summed E-state index contributed by atoms with van der Waals surface area (Å²) in [4.78, 5) is 31.3. The number of carbonyl (C=O) groups excluding carboxylic acids is 2. The van der Waals surface area contributed by atoms with Gasteiger partial charge in [-0.25, -0.2) is 9.78 Å². The molecule has 2 N–H and O–H groups in total. The highest BCUT2D eigenvalue weighted by atomic mass is 79.9. The Hall–Kier alpha value is -1.67. The molecule has 2 fully saturated rings. The maximum atomic E-state index is 12.9. The van der Waals surface area contributed by atoms with Gasteiger partial charge in [0, 0.05) is 11.5 Å². The summed E-state index contributed by atoms with van der Waals surface area (Å²) >= 11 is 3.29. The number of anilines is 1. The highest BCUT2D eigenvalue weighted by Crippen LogP contribution is 2.59. The largest absolute Gasteiger partial charge is 0.444 e. The zero-order valence-electron chi connectivity index (χ0n) is 15.4. The monoisotopic (exact) mass is 425 g/mol. The lowest BCUT2D eigenvalue weighted by Crippen LogP contribution is -2.47. The smallest absolute Gasteiger partial charge is 0.411 e. The van der Waals surface area contributed by atoms with Crippen LogP contribution in [0.1, 0.15) is 39.2 Å². The molecule has 0 bridgehead atoms. The van der Waals surface area contributed by atoms with Crippen molar-refractivity contribution in [3.8, 4) is 0 Å². The van der Waals surface area contributed by atoms with E-state index in [0.29, 0.717) is 23.3 Å². The van der Waals surface area contributed by atoms with Crippen LogP contribution in [0.5, 0.6) is 0 Å². The molecule has 0 radical (unpaired) electrons. The lowest BCUT2D eigenvalue weighted by molar-refractivity contribution is -0.121. The normalized spacial score (nSPS) is 27.1. The van der Waals surface area contributed by atoms with Gasteiger partial charge in [-0.05, 0) is 68.1 Å². The van der Waals surface area contributed by atoms with E-state index in [-0.39, 0.29) is 18.6 Å². The third-order valence-corrected chi connectivity index (χ3v) is 5.39. The molecule has 0 spiro atoms. The third kappa shape index (κ3) is 3.57. The highest BCUT2D eigenvalue weighted by Gasteiger charge is 2.67. The minimum Gasteiger partial charge on any atom is -0.444 e. The number of hydrogen-bond acceptors (Lipinski definition) is 5. The molecule has 1 aromatic rings. The molecule has 2 aliphatic rings. The van der Waals surface area contributed by atoms with E-state index in [0.717, 1.165) is 5.56 Å². The zero-order chi connectivity index (χ0) is 19.3. The van der Waals surface area contributed by atoms with Crippen molar-refractivity contribution in [1.82, 2.24) is 9.88 Å². The molecule has 2 heterocycles. The number of aliphatic hydroxyl groups excluding tert-OH is 1. The number of amides is 2. The molecular formula is C18H24BrN3O4. The van der Waals surface area contributed by atoms with Gasteiger partial charge in [-0.15, -0.1) is 0 Å². The fraction of sp³-hybridized carbons (Fsp3) is 0.611. The van der Waals surface area contributed by atoms with Crippen molar-refractivity contribution in [1.29, 1.82) is 0 Å². The first-order valence-electron chi connectivity index (χ1n) is 8.62.